The van der Waals surface area contributed by atoms with E-state index in [1.165, 1.54) is 11.8 Å². The Hall–Kier alpha value is -0.660. The standard InChI is InChI=1S/C10H21N5OS/c1-4-5-11-6-7-15-9(12-13-14-15)17-8-10(2,3)16/h11,16H,4-8H2,1-3H3. The van der Waals surface area contributed by atoms with Crippen LogP contribution in [0.3, 0.4) is 0 Å². The van der Waals surface area contributed by atoms with Crippen molar-refractivity contribution >= 4 is 11.8 Å². The zero-order valence-corrected chi connectivity index (χ0v) is 11.5. The molecule has 0 bridgehead atoms. The third-order valence-electron chi connectivity index (χ3n) is 1.98. The quantitative estimate of drug-likeness (QED) is 0.524. The molecule has 0 radical (unpaired) electrons. The van der Waals surface area contributed by atoms with E-state index in [-0.39, 0.29) is 0 Å². The van der Waals surface area contributed by atoms with Gasteiger partial charge in [0.2, 0.25) is 5.16 Å². The minimum absolute atomic E-state index is 0.579. The lowest BCUT2D eigenvalue weighted by atomic mass is 10.2. The van der Waals surface area contributed by atoms with E-state index in [2.05, 4.69) is 27.8 Å². The van der Waals surface area contributed by atoms with Gasteiger partial charge in [0.05, 0.1) is 12.1 Å². The van der Waals surface area contributed by atoms with Gasteiger partial charge >= 0.3 is 0 Å². The Bertz CT molecular complexity index is 323. The first-order chi connectivity index (χ1) is 8.03. The maximum Gasteiger partial charge on any atom is 0.209 e. The summed E-state index contributed by atoms with van der Waals surface area (Å²) in [4.78, 5) is 0. The third-order valence-corrected chi connectivity index (χ3v) is 3.38. The maximum atomic E-state index is 9.64. The number of aliphatic hydroxyl groups is 1. The molecule has 7 heteroatoms. The largest absolute Gasteiger partial charge is 0.390 e. The highest BCUT2D eigenvalue weighted by atomic mass is 32.2. The van der Waals surface area contributed by atoms with Crippen LogP contribution in [0.5, 0.6) is 0 Å². The molecule has 0 saturated heterocycles. The summed E-state index contributed by atoms with van der Waals surface area (Å²) in [6.07, 6.45) is 1.12. The van der Waals surface area contributed by atoms with Crippen molar-refractivity contribution in [2.45, 2.75) is 44.5 Å². The number of tetrazole rings is 1. The zero-order chi connectivity index (χ0) is 12.7. The average molecular weight is 259 g/mol. The highest BCUT2D eigenvalue weighted by Gasteiger charge is 2.15. The molecule has 1 aromatic heterocycles. The van der Waals surface area contributed by atoms with E-state index in [1.807, 2.05) is 0 Å². The van der Waals surface area contributed by atoms with Gasteiger partial charge in [0.25, 0.3) is 0 Å². The number of nitrogens with one attached hydrogen (secondary N) is 1. The smallest absolute Gasteiger partial charge is 0.209 e. The lowest BCUT2D eigenvalue weighted by Gasteiger charge is -2.15. The topological polar surface area (TPSA) is 75.9 Å². The maximum absolute atomic E-state index is 9.64. The van der Waals surface area contributed by atoms with Crippen molar-refractivity contribution in [3.63, 3.8) is 0 Å². The summed E-state index contributed by atoms with van der Waals surface area (Å²) < 4.78 is 1.76. The summed E-state index contributed by atoms with van der Waals surface area (Å²) in [5.74, 6) is 0.579. The van der Waals surface area contributed by atoms with Crippen LogP contribution in [0.25, 0.3) is 0 Å². The molecule has 0 fully saturated rings. The Morgan fingerprint density at radius 2 is 2.18 bits per heavy atom. The van der Waals surface area contributed by atoms with Crippen molar-refractivity contribution in [2.75, 3.05) is 18.8 Å². The van der Waals surface area contributed by atoms with Crippen LogP contribution in [0.1, 0.15) is 27.2 Å². The molecular weight excluding hydrogens is 238 g/mol. The molecule has 98 valence electrons. The van der Waals surface area contributed by atoms with Crippen LogP contribution >= 0.6 is 11.8 Å². The minimum Gasteiger partial charge on any atom is -0.390 e. The summed E-state index contributed by atoms with van der Waals surface area (Å²) in [5.41, 5.74) is -0.706. The molecule has 1 heterocycles. The third kappa shape index (κ3) is 5.99. The Morgan fingerprint density at radius 1 is 1.41 bits per heavy atom. The van der Waals surface area contributed by atoms with Crippen molar-refractivity contribution in [2.24, 2.45) is 0 Å². The summed E-state index contributed by atoms with van der Waals surface area (Å²) in [6.45, 7) is 8.30. The first-order valence-corrected chi connectivity index (χ1v) is 6.83. The fourth-order valence-corrected chi connectivity index (χ4v) is 2.02. The second-order valence-electron chi connectivity index (χ2n) is 4.54. The number of nitrogens with zero attached hydrogens (tertiary/aromatic N) is 4. The lowest BCUT2D eigenvalue weighted by Crippen LogP contribution is -2.23. The first-order valence-electron chi connectivity index (χ1n) is 5.85. The number of thioether (sulfide) groups is 1. The van der Waals surface area contributed by atoms with E-state index >= 15 is 0 Å². The van der Waals surface area contributed by atoms with Gasteiger partial charge in [0.15, 0.2) is 0 Å². The van der Waals surface area contributed by atoms with Gasteiger partial charge in [-0.05, 0) is 37.2 Å². The molecule has 0 saturated carbocycles. The van der Waals surface area contributed by atoms with Crippen LogP contribution in [-0.4, -0.2) is 49.8 Å². The molecular formula is C10H21N5OS. The highest BCUT2D eigenvalue weighted by Crippen LogP contribution is 2.19. The normalized spacial score (nSPS) is 12.0. The zero-order valence-electron chi connectivity index (χ0n) is 10.7. The molecule has 0 aliphatic carbocycles. The van der Waals surface area contributed by atoms with E-state index in [0.717, 1.165) is 31.2 Å². The van der Waals surface area contributed by atoms with Crippen LogP contribution in [-0.2, 0) is 6.54 Å². The highest BCUT2D eigenvalue weighted by molar-refractivity contribution is 7.99. The summed E-state index contributed by atoms with van der Waals surface area (Å²) in [5, 5.41) is 25.2. The Morgan fingerprint density at radius 3 is 2.82 bits per heavy atom. The predicted octanol–water partition coefficient (Wildman–Crippen LogP) is 0.536. The van der Waals surface area contributed by atoms with Gasteiger partial charge in [0.1, 0.15) is 0 Å². The lowest BCUT2D eigenvalue weighted by molar-refractivity contribution is 0.107. The van der Waals surface area contributed by atoms with Gasteiger partial charge in [-0.25, -0.2) is 4.68 Å². The second-order valence-corrected chi connectivity index (χ2v) is 5.48. The van der Waals surface area contributed by atoms with Gasteiger partial charge in [0, 0.05) is 12.3 Å². The number of hydrogen-bond acceptors (Lipinski definition) is 6. The van der Waals surface area contributed by atoms with E-state index in [4.69, 9.17) is 0 Å². The molecule has 6 nitrogen and oxygen atoms in total. The molecule has 1 rings (SSSR count). The molecule has 0 spiro atoms. The van der Waals surface area contributed by atoms with E-state index < -0.39 is 5.60 Å². The Balaban J connectivity index is 2.37. The van der Waals surface area contributed by atoms with Gasteiger partial charge in [-0.2, -0.15) is 0 Å². The monoisotopic (exact) mass is 259 g/mol. The van der Waals surface area contributed by atoms with Gasteiger partial charge in [-0.3, -0.25) is 0 Å². The second kappa shape index (κ2) is 6.93. The first kappa shape index (κ1) is 14.4. The Kier molecular flexibility index (Phi) is 5.87. The fourth-order valence-electron chi connectivity index (χ4n) is 1.17. The molecule has 0 atom stereocenters. The van der Waals surface area contributed by atoms with Crippen molar-refractivity contribution in [1.29, 1.82) is 0 Å². The van der Waals surface area contributed by atoms with Crippen LogP contribution in [0, 0.1) is 0 Å². The summed E-state index contributed by atoms with van der Waals surface area (Å²) in [7, 11) is 0. The SMILES string of the molecule is CCCNCCn1nnnc1SCC(C)(C)O. The van der Waals surface area contributed by atoms with Crippen LogP contribution in [0.4, 0.5) is 0 Å². The molecule has 17 heavy (non-hydrogen) atoms. The molecule has 0 unspecified atom stereocenters. The van der Waals surface area contributed by atoms with Crippen molar-refractivity contribution < 1.29 is 5.11 Å². The molecule has 1 aromatic rings. The van der Waals surface area contributed by atoms with Crippen molar-refractivity contribution in [1.82, 2.24) is 25.5 Å². The van der Waals surface area contributed by atoms with E-state index in [9.17, 15) is 5.11 Å². The fraction of sp³-hybridized carbons (Fsp3) is 0.900. The molecule has 0 aliphatic heterocycles. The number of rotatable bonds is 8. The minimum atomic E-state index is -0.706. The molecule has 2 N–H and O–H groups in total. The number of aromatic nitrogens is 4. The van der Waals surface area contributed by atoms with Gasteiger partial charge < -0.3 is 10.4 Å². The number of hydrogen-bond donors (Lipinski definition) is 2. The van der Waals surface area contributed by atoms with Crippen LogP contribution < -0.4 is 5.32 Å². The Labute approximate surface area is 106 Å². The molecule has 0 aromatic carbocycles. The van der Waals surface area contributed by atoms with E-state index in [0.29, 0.717) is 5.75 Å². The van der Waals surface area contributed by atoms with Crippen molar-refractivity contribution in [3.8, 4) is 0 Å². The van der Waals surface area contributed by atoms with Crippen LogP contribution in [0.2, 0.25) is 0 Å². The molecule has 0 amide bonds. The summed E-state index contributed by atoms with van der Waals surface area (Å²) in [6, 6.07) is 0. The van der Waals surface area contributed by atoms with Gasteiger partial charge in [-0.15, -0.1) is 5.10 Å². The predicted molar refractivity (Wildman–Crippen MR) is 68.0 cm³/mol. The average Bonchev–Trinajstić information content (AvgIpc) is 2.68. The summed E-state index contributed by atoms with van der Waals surface area (Å²) >= 11 is 1.47. The van der Waals surface area contributed by atoms with Crippen LogP contribution in [0.15, 0.2) is 5.16 Å². The molecule has 0 aliphatic rings. The van der Waals surface area contributed by atoms with Crippen molar-refractivity contribution in [3.05, 3.63) is 0 Å². The van der Waals surface area contributed by atoms with Gasteiger partial charge in [-0.1, -0.05) is 18.7 Å². The van der Waals surface area contributed by atoms with E-state index in [1.54, 1.807) is 18.5 Å².